The van der Waals surface area contributed by atoms with Gasteiger partial charge in [-0.05, 0) is 20.8 Å². The highest BCUT2D eigenvalue weighted by Crippen LogP contribution is 2.39. The fourth-order valence-corrected chi connectivity index (χ4v) is 2.52. The zero-order valence-electron chi connectivity index (χ0n) is 12.7. The van der Waals surface area contributed by atoms with Gasteiger partial charge in [0.05, 0.1) is 12.0 Å². The minimum absolute atomic E-state index is 0.256. The number of alkyl halides is 2. The maximum atomic E-state index is 14.5. The predicted octanol–water partition coefficient (Wildman–Crippen LogP) is 1.87. The van der Waals surface area contributed by atoms with Crippen molar-refractivity contribution in [3.63, 3.8) is 0 Å². The molecule has 128 valence electrons. The van der Waals surface area contributed by atoms with Crippen LogP contribution in [0.3, 0.4) is 0 Å². The molecule has 0 radical (unpaired) electrons. The summed E-state index contributed by atoms with van der Waals surface area (Å²) in [5.74, 6) is -3.40. The van der Waals surface area contributed by atoms with E-state index in [4.69, 9.17) is 9.79 Å². The number of halogens is 2. The fraction of sp³-hybridized carbons (Fsp3) is 0.583. The van der Waals surface area contributed by atoms with Crippen LogP contribution < -0.4 is 0 Å². The van der Waals surface area contributed by atoms with Crippen molar-refractivity contribution in [1.82, 2.24) is 19.5 Å². The van der Waals surface area contributed by atoms with Gasteiger partial charge < -0.3 is 19.1 Å². The van der Waals surface area contributed by atoms with Gasteiger partial charge in [-0.1, -0.05) is 0 Å². The summed E-state index contributed by atoms with van der Waals surface area (Å²) in [6.45, 7) is 4.01. The van der Waals surface area contributed by atoms with Gasteiger partial charge in [-0.2, -0.15) is 0 Å². The van der Waals surface area contributed by atoms with E-state index in [2.05, 4.69) is 19.7 Å². The molecule has 11 heteroatoms. The molecule has 2 atom stereocenters. The van der Waals surface area contributed by atoms with Crippen LogP contribution in [0, 0.1) is 6.92 Å². The number of hydrogen-bond donors (Lipinski definition) is 2. The molecule has 0 spiro atoms. The first kappa shape index (κ1) is 17.9. The van der Waals surface area contributed by atoms with E-state index in [1.54, 1.807) is 6.92 Å². The van der Waals surface area contributed by atoms with Crippen molar-refractivity contribution >= 4 is 18.8 Å². The molecule has 0 aromatic carbocycles. The average molecular weight is 350 g/mol. The Labute approximate surface area is 130 Å². The molecule has 0 aliphatic carbocycles. The summed E-state index contributed by atoms with van der Waals surface area (Å²) in [6.07, 6.45) is -0.275. The summed E-state index contributed by atoms with van der Waals surface area (Å²) >= 11 is 0. The normalized spacial score (nSPS) is 15.8. The van der Waals surface area contributed by atoms with Crippen molar-refractivity contribution < 1.29 is 27.9 Å². The third-order valence-electron chi connectivity index (χ3n) is 3.55. The highest BCUT2D eigenvalue weighted by Gasteiger charge is 2.45. The van der Waals surface area contributed by atoms with Gasteiger partial charge >= 0.3 is 7.60 Å². The maximum absolute atomic E-state index is 14.5. The lowest BCUT2D eigenvalue weighted by molar-refractivity contribution is -0.147. The molecule has 2 N–H and O–H groups in total. The van der Waals surface area contributed by atoms with Gasteiger partial charge in [-0.3, -0.25) is 4.57 Å². The number of ether oxygens (including phenoxy) is 1. The second-order valence-electron chi connectivity index (χ2n) is 5.24. The summed E-state index contributed by atoms with van der Waals surface area (Å²) < 4.78 is 45.6. The molecule has 0 saturated carbocycles. The summed E-state index contributed by atoms with van der Waals surface area (Å²) in [5, 5.41) is 0. The van der Waals surface area contributed by atoms with Crippen LogP contribution >= 0.6 is 7.60 Å². The van der Waals surface area contributed by atoms with Crippen LogP contribution in [0.4, 0.5) is 8.78 Å². The summed E-state index contributed by atoms with van der Waals surface area (Å²) in [6, 6.07) is -1.38. The van der Waals surface area contributed by atoms with Crippen LogP contribution in [0.1, 0.15) is 25.6 Å². The molecule has 2 heterocycles. The lowest BCUT2D eigenvalue weighted by atomic mass is 10.1. The van der Waals surface area contributed by atoms with Crippen LogP contribution in [0.25, 0.3) is 11.2 Å². The highest BCUT2D eigenvalue weighted by molar-refractivity contribution is 7.51. The first-order valence-electron chi connectivity index (χ1n) is 6.72. The van der Waals surface area contributed by atoms with Crippen LogP contribution in [0.5, 0.6) is 0 Å². The van der Waals surface area contributed by atoms with Crippen molar-refractivity contribution in [3.05, 3.63) is 18.3 Å². The van der Waals surface area contributed by atoms with Crippen LogP contribution in [-0.4, -0.2) is 47.7 Å². The van der Waals surface area contributed by atoms with Gasteiger partial charge in [0.2, 0.25) is 0 Å². The van der Waals surface area contributed by atoms with Gasteiger partial charge in [0.1, 0.15) is 30.3 Å². The first-order valence-corrected chi connectivity index (χ1v) is 8.52. The predicted molar refractivity (Wildman–Crippen MR) is 77.2 cm³/mol. The SMILES string of the molecule is Cc1ncnc2c1ncn2[C@H](C)C(F)(F)[C@H](C)OCP(=O)(O)O. The van der Waals surface area contributed by atoms with E-state index in [1.807, 2.05) is 0 Å². The van der Waals surface area contributed by atoms with Crippen molar-refractivity contribution in [2.45, 2.75) is 38.8 Å². The zero-order valence-corrected chi connectivity index (χ0v) is 13.6. The smallest absolute Gasteiger partial charge is 0.350 e. The Bertz CT molecular complexity index is 748. The average Bonchev–Trinajstić information content (AvgIpc) is 2.88. The largest absolute Gasteiger partial charge is 0.360 e. The van der Waals surface area contributed by atoms with E-state index in [-0.39, 0.29) is 5.65 Å². The molecule has 2 rings (SSSR count). The third kappa shape index (κ3) is 3.72. The Balaban J connectivity index is 2.27. The Morgan fingerprint density at radius 3 is 2.61 bits per heavy atom. The molecule has 0 aliphatic rings. The standard InChI is InChI=1S/C12H17F2N4O4P/c1-7-10-11(16-4-15-7)18(5-17-10)8(2)12(13,14)9(3)22-6-23(19,20)21/h4-5,8-9H,6H2,1-3H3,(H2,19,20,21)/t8-,9+/m1/s1. The van der Waals surface area contributed by atoms with Crippen molar-refractivity contribution in [2.24, 2.45) is 0 Å². The minimum atomic E-state index is -4.52. The Morgan fingerprint density at radius 1 is 1.35 bits per heavy atom. The van der Waals surface area contributed by atoms with E-state index < -0.39 is 32.0 Å². The minimum Gasteiger partial charge on any atom is -0.360 e. The van der Waals surface area contributed by atoms with Crippen molar-refractivity contribution in [3.8, 4) is 0 Å². The molecule has 0 saturated heterocycles. The van der Waals surface area contributed by atoms with E-state index in [9.17, 15) is 13.3 Å². The number of rotatable bonds is 6. The number of imidazole rings is 1. The van der Waals surface area contributed by atoms with E-state index in [0.717, 1.165) is 6.92 Å². The lowest BCUT2D eigenvalue weighted by Gasteiger charge is -2.30. The van der Waals surface area contributed by atoms with Crippen LogP contribution in [0.15, 0.2) is 12.7 Å². The molecule has 2 aromatic heterocycles. The van der Waals surface area contributed by atoms with Gasteiger partial charge in [0.25, 0.3) is 5.92 Å². The van der Waals surface area contributed by atoms with Crippen LogP contribution in [0.2, 0.25) is 0 Å². The Hall–Kier alpha value is -1.48. The van der Waals surface area contributed by atoms with E-state index in [1.165, 1.54) is 24.1 Å². The molecule has 0 unspecified atom stereocenters. The monoisotopic (exact) mass is 350 g/mol. The first-order chi connectivity index (χ1) is 10.5. The molecular weight excluding hydrogens is 333 g/mol. The van der Waals surface area contributed by atoms with Gasteiger partial charge in [0.15, 0.2) is 5.65 Å². The summed E-state index contributed by atoms with van der Waals surface area (Å²) in [5.41, 5.74) is 1.24. The van der Waals surface area contributed by atoms with Gasteiger partial charge in [-0.25, -0.2) is 23.7 Å². The second-order valence-corrected chi connectivity index (χ2v) is 6.82. The number of fused-ring (bicyclic) bond motifs is 1. The van der Waals surface area contributed by atoms with Gasteiger partial charge in [-0.15, -0.1) is 0 Å². The zero-order chi connectivity index (χ0) is 17.4. The maximum Gasteiger partial charge on any atom is 0.350 e. The Morgan fingerprint density at radius 2 is 2.00 bits per heavy atom. The Kier molecular flexibility index (Phi) is 4.81. The molecular formula is C12H17F2N4O4P. The van der Waals surface area contributed by atoms with Crippen LogP contribution in [-0.2, 0) is 9.30 Å². The number of hydrogen-bond acceptors (Lipinski definition) is 5. The molecule has 23 heavy (non-hydrogen) atoms. The third-order valence-corrected chi connectivity index (χ3v) is 4.04. The van der Waals surface area contributed by atoms with Crippen molar-refractivity contribution in [1.29, 1.82) is 0 Å². The number of aryl methyl sites for hydroxylation is 1. The van der Waals surface area contributed by atoms with Gasteiger partial charge in [0, 0.05) is 0 Å². The molecule has 2 aromatic rings. The summed E-state index contributed by atoms with van der Waals surface area (Å²) in [7, 11) is -4.52. The summed E-state index contributed by atoms with van der Waals surface area (Å²) in [4.78, 5) is 29.4. The van der Waals surface area contributed by atoms with E-state index in [0.29, 0.717) is 11.2 Å². The second kappa shape index (κ2) is 6.20. The highest BCUT2D eigenvalue weighted by atomic mass is 31.2. The van der Waals surface area contributed by atoms with E-state index >= 15 is 0 Å². The molecule has 8 nitrogen and oxygen atoms in total. The molecule has 0 aliphatic heterocycles. The van der Waals surface area contributed by atoms with Crippen molar-refractivity contribution in [2.75, 3.05) is 6.35 Å². The quantitative estimate of drug-likeness (QED) is 0.765. The number of nitrogens with zero attached hydrogens (tertiary/aromatic N) is 4. The molecule has 0 fully saturated rings. The topological polar surface area (TPSA) is 110 Å². The lowest BCUT2D eigenvalue weighted by Crippen LogP contribution is -2.40. The molecule has 0 bridgehead atoms. The molecule has 0 amide bonds. The number of aromatic nitrogens is 4. The fourth-order valence-electron chi connectivity index (χ4n) is 2.10.